The Labute approximate surface area is 198 Å². The van der Waals surface area contributed by atoms with Gasteiger partial charge in [-0.05, 0) is 73.7 Å². The molecule has 6 nitrogen and oxygen atoms in total. The minimum Gasteiger partial charge on any atom is -0.495 e. The van der Waals surface area contributed by atoms with Crippen LogP contribution in [-0.2, 0) is 10.0 Å². The lowest BCUT2D eigenvalue weighted by molar-refractivity contribution is 0.373. The number of aryl methyl sites for hydroxylation is 1. The molecule has 9 heteroatoms. The van der Waals surface area contributed by atoms with Gasteiger partial charge in [-0.15, -0.1) is 0 Å². The third-order valence-electron chi connectivity index (χ3n) is 5.88. The van der Waals surface area contributed by atoms with Gasteiger partial charge in [0.05, 0.1) is 17.7 Å². The quantitative estimate of drug-likeness (QED) is 0.402. The standard InChI is InChI=1S/C24H28FN3O3S2/c1-16-23(32-24(27-16)26-15-17-6-4-3-5-7-17)18-8-13-21(31-2)22(14-18)33(29,30)28-20-11-9-19(25)10-12-20/h8-14,17,28H,3-7,15H2,1-2H3,(H,26,27). The number of thiazole rings is 1. The van der Waals surface area contributed by atoms with Gasteiger partial charge in [0.2, 0.25) is 0 Å². The van der Waals surface area contributed by atoms with Crippen molar-refractivity contribution >= 4 is 32.2 Å². The van der Waals surface area contributed by atoms with E-state index >= 15 is 0 Å². The second kappa shape index (κ2) is 10.1. The van der Waals surface area contributed by atoms with E-state index < -0.39 is 15.8 Å². The van der Waals surface area contributed by atoms with Crippen molar-refractivity contribution in [2.24, 2.45) is 5.92 Å². The van der Waals surface area contributed by atoms with Crippen LogP contribution in [0.3, 0.4) is 0 Å². The number of anilines is 2. The molecule has 0 aliphatic heterocycles. The number of nitrogens with one attached hydrogen (secondary N) is 2. The lowest BCUT2D eigenvalue weighted by Gasteiger charge is -2.21. The van der Waals surface area contributed by atoms with Crippen LogP contribution in [0.4, 0.5) is 15.2 Å². The van der Waals surface area contributed by atoms with Gasteiger partial charge in [0.1, 0.15) is 16.5 Å². The maximum Gasteiger partial charge on any atom is 0.265 e. The van der Waals surface area contributed by atoms with Gasteiger partial charge in [0.25, 0.3) is 10.0 Å². The fraction of sp³-hybridized carbons (Fsp3) is 0.375. The van der Waals surface area contributed by atoms with E-state index in [1.807, 2.05) is 13.0 Å². The summed E-state index contributed by atoms with van der Waals surface area (Å²) in [7, 11) is -2.53. The highest BCUT2D eigenvalue weighted by Gasteiger charge is 2.22. The Balaban J connectivity index is 1.58. The number of sulfonamides is 1. The fourth-order valence-corrected chi connectivity index (χ4v) is 6.34. The van der Waals surface area contributed by atoms with Gasteiger partial charge in [-0.1, -0.05) is 30.6 Å². The molecular formula is C24H28FN3O3S2. The van der Waals surface area contributed by atoms with Crippen LogP contribution in [0.1, 0.15) is 37.8 Å². The molecule has 0 amide bonds. The molecule has 0 atom stereocenters. The van der Waals surface area contributed by atoms with Crippen LogP contribution in [-0.4, -0.2) is 27.1 Å². The van der Waals surface area contributed by atoms with E-state index in [0.29, 0.717) is 5.92 Å². The number of rotatable bonds is 8. The Morgan fingerprint density at radius 3 is 2.55 bits per heavy atom. The van der Waals surface area contributed by atoms with E-state index in [4.69, 9.17) is 4.74 Å². The molecular weight excluding hydrogens is 461 g/mol. The molecule has 2 aromatic carbocycles. The summed E-state index contributed by atoms with van der Waals surface area (Å²) in [5.41, 5.74) is 1.86. The second-order valence-electron chi connectivity index (χ2n) is 8.30. The van der Waals surface area contributed by atoms with Gasteiger partial charge in [-0.3, -0.25) is 4.72 Å². The molecule has 1 heterocycles. The highest BCUT2D eigenvalue weighted by atomic mass is 32.2. The predicted molar refractivity (Wildman–Crippen MR) is 131 cm³/mol. The molecule has 3 aromatic rings. The number of hydrogen-bond acceptors (Lipinski definition) is 6. The van der Waals surface area contributed by atoms with Crippen molar-refractivity contribution in [3.05, 3.63) is 54.0 Å². The highest BCUT2D eigenvalue weighted by molar-refractivity contribution is 7.92. The summed E-state index contributed by atoms with van der Waals surface area (Å²) in [6, 6.07) is 10.2. The van der Waals surface area contributed by atoms with Gasteiger partial charge < -0.3 is 10.1 Å². The van der Waals surface area contributed by atoms with E-state index in [0.717, 1.165) is 27.8 Å². The summed E-state index contributed by atoms with van der Waals surface area (Å²) >= 11 is 1.52. The van der Waals surface area contributed by atoms with E-state index in [2.05, 4.69) is 15.0 Å². The SMILES string of the molecule is COc1ccc(-c2sc(NCC3CCCCC3)nc2C)cc1S(=O)(=O)Nc1ccc(F)cc1. The van der Waals surface area contributed by atoms with Crippen LogP contribution < -0.4 is 14.8 Å². The predicted octanol–water partition coefficient (Wildman–Crippen LogP) is 6.06. The first-order chi connectivity index (χ1) is 15.9. The topological polar surface area (TPSA) is 80.3 Å². The first-order valence-electron chi connectivity index (χ1n) is 11.0. The minimum atomic E-state index is -3.96. The third kappa shape index (κ3) is 5.65. The van der Waals surface area contributed by atoms with Crippen molar-refractivity contribution in [1.29, 1.82) is 0 Å². The fourth-order valence-electron chi connectivity index (χ4n) is 4.12. The average Bonchev–Trinajstić information content (AvgIpc) is 3.20. The molecule has 1 aromatic heterocycles. The Hall–Kier alpha value is -2.65. The Morgan fingerprint density at radius 2 is 1.85 bits per heavy atom. The molecule has 0 unspecified atom stereocenters. The molecule has 2 N–H and O–H groups in total. The summed E-state index contributed by atoms with van der Waals surface area (Å²) in [5.74, 6) is 0.471. The summed E-state index contributed by atoms with van der Waals surface area (Å²) in [6.45, 7) is 2.84. The third-order valence-corrected chi connectivity index (χ3v) is 8.44. The van der Waals surface area contributed by atoms with Crippen LogP contribution >= 0.6 is 11.3 Å². The minimum absolute atomic E-state index is 0.0105. The molecule has 0 radical (unpaired) electrons. The van der Waals surface area contributed by atoms with Crippen molar-refractivity contribution in [2.45, 2.75) is 43.9 Å². The lowest BCUT2D eigenvalue weighted by Crippen LogP contribution is -2.16. The second-order valence-corrected chi connectivity index (χ2v) is 10.9. The number of nitrogens with zero attached hydrogens (tertiary/aromatic N) is 1. The average molecular weight is 490 g/mol. The lowest BCUT2D eigenvalue weighted by atomic mass is 9.89. The summed E-state index contributed by atoms with van der Waals surface area (Å²) < 4.78 is 47.2. The molecule has 0 saturated heterocycles. The summed E-state index contributed by atoms with van der Waals surface area (Å²) in [6.07, 6.45) is 6.43. The maximum atomic E-state index is 13.2. The van der Waals surface area contributed by atoms with E-state index in [-0.39, 0.29) is 16.3 Å². The Bertz CT molecular complexity index is 1200. The summed E-state index contributed by atoms with van der Waals surface area (Å²) in [4.78, 5) is 5.57. The molecule has 0 spiro atoms. The number of aromatic nitrogens is 1. The van der Waals surface area contributed by atoms with Gasteiger partial charge in [-0.2, -0.15) is 0 Å². The maximum absolute atomic E-state index is 13.2. The van der Waals surface area contributed by atoms with Crippen molar-refractivity contribution in [3.63, 3.8) is 0 Å². The van der Waals surface area contributed by atoms with Crippen LogP contribution in [0.5, 0.6) is 5.75 Å². The molecule has 33 heavy (non-hydrogen) atoms. The monoisotopic (exact) mass is 489 g/mol. The molecule has 1 saturated carbocycles. The Kier molecular flexibility index (Phi) is 7.19. The number of halogens is 1. The zero-order chi connectivity index (χ0) is 23.4. The molecule has 176 valence electrons. The molecule has 0 bridgehead atoms. The smallest absolute Gasteiger partial charge is 0.265 e. The highest BCUT2D eigenvalue weighted by Crippen LogP contribution is 2.37. The Morgan fingerprint density at radius 1 is 1.12 bits per heavy atom. The largest absolute Gasteiger partial charge is 0.495 e. The molecule has 1 aliphatic carbocycles. The van der Waals surface area contributed by atoms with Crippen LogP contribution in [0.25, 0.3) is 10.4 Å². The first kappa shape index (κ1) is 23.5. The molecule has 1 fully saturated rings. The molecule has 4 rings (SSSR count). The van der Waals surface area contributed by atoms with Gasteiger partial charge in [-0.25, -0.2) is 17.8 Å². The van der Waals surface area contributed by atoms with Gasteiger partial charge in [0, 0.05) is 12.2 Å². The normalized spacial score (nSPS) is 14.8. The zero-order valence-corrected chi connectivity index (χ0v) is 20.4. The summed E-state index contributed by atoms with van der Waals surface area (Å²) in [5, 5.41) is 4.32. The van der Waals surface area contributed by atoms with Crippen molar-refractivity contribution in [2.75, 3.05) is 23.7 Å². The van der Waals surface area contributed by atoms with Gasteiger partial charge >= 0.3 is 0 Å². The van der Waals surface area contributed by atoms with Crippen LogP contribution in [0, 0.1) is 18.7 Å². The van der Waals surface area contributed by atoms with E-state index in [1.165, 1.54) is 74.8 Å². The van der Waals surface area contributed by atoms with Crippen LogP contribution in [0.15, 0.2) is 47.4 Å². The number of ether oxygens (including phenoxy) is 1. The van der Waals surface area contributed by atoms with Crippen molar-refractivity contribution in [1.82, 2.24) is 4.98 Å². The van der Waals surface area contributed by atoms with Crippen LogP contribution in [0.2, 0.25) is 0 Å². The zero-order valence-electron chi connectivity index (χ0n) is 18.7. The number of hydrogen-bond donors (Lipinski definition) is 2. The first-order valence-corrected chi connectivity index (χ1v) is 13.3. The van der Waals surface area contributed by atoms with Crippen molar-refractivity contribution < 1.29 is 17.5 Å². The number of benzene rings is 2. The molecule has 1 aliphatic rings. The van der Waals surface area contributed by atoms with Crippen molar-refractivity contribution in [3.8, 4) is 16.2 Å². The number of methoxy groups -OCH3 is 1. The van der Waals surface area contributed by atoms with Gasteiger partial charge in [0.15, 0.2) is 5.13 Å². The van der Waals surface area contributed by atoms with E-state index in [9.17, 15) is 12.8 Å². The van der Waals surface area contributed by atoms with E-state index in [1.54, 1.807) is 12.1 Å².